The van der Waals surface area contributed by atoms with E-state index in [1.807, 2.05) is 29.1 Å². The topological polar surface area (TPSA) is 81.5 Å². The largest absolute Gasteiger partial charge is 0.468 e. The van der Waals surface area contributed by atoms with Crippen LogP contribution >= 0.6 is 0 Å². The maximum absolute atomic E-state index is 13.6. The Labute approximate surface area is 202 Å². The lowest BCUT2D eigenvalue weighted by Gasteiger charge is -2.43. The fourth-order valence-electron chi connectivity index (χ4n) is 5.00. The molecule has 1 fully saturated rings. The summed E-state index contributed by atoms with van der Waals surface area (Å²) in [6, 6.07) is 7.08. The van der Waals surface area contributed by atoms with E-state index < -0.39 is 21.4 Å². The monoisotopic (exact) mass is 485 g/mol. The van der Waals surface area contributed by atoms with Crippen LogP contribution in [0.1, 0.15) is 63.8 Å². The molecule has 0 spiro atoms. The highest BCUT2D eigenvalue weighted by Crippen LogP contribution is 2.46. The van der Waals surface area contributed by atoms with E-state index in [1.165, 1.54) is 11.4 Å². The van der Waals surface area contributed by atoms with E-state index >= 15 is 0 Å². The number of nitrogens with zero attached hydrogens (tertiary/aromatic N) is 3. The average molecular weight is 486 g/mol. The molecule has 184 valence electrons. The van der Waals surface area contributed by atoms with Gasteiger partial charge in [-0.3, -0.25) is 9.48 Å². The van der Waals surface area contributed by atoms with Crippen LogP contribution in [0.4, 0.5) is 0 Å². The van der Waals surface area contributed by atoms with Crippen LogP contribution in [0, 0.1) is 5.41 Å². The molecule has 34 heavy (non-hydrogen) atoms. The Bertz CT molecular complexity index is 1210. The summed E-state index contributed by atoms with van der Waals surface area (Å²) in [5, 5.41) is 4.54. The zero-order valence-electron chi connectivity index (χ0n) is 20.8. The minimum Gasteiger partial charge on any atom is -0.468 e. The lowest BCUT2D eigenvalue weighted by atomic mass is 9.69. The second-order valence-electron chi connectivity index (χ2n) is 10.4. The van der Waals surface area contributed by atoms with Gasteiger partial charge in [0, 0.05) is 19.6 Å². The van der Waals surface area contributed by atoms with E-state index in [0.29, 0.717) is 19.4 Å². The third-order valence-corrected chi connectivity index (χ3v) is 8.97. The Hall–Kier alpha value is -2.45. The van der Waals surface area contributed by atoms with Gasteiger partial charge in [0.1, 0.15) is 5.41 Å². The van der Waals surface area contributed by atoms with Crippen LogP contribution < -0.4 is 0 Å². The zero-order chi connectivity index (χ0) is 24.7. The van der Waals surface area contributed by atoms with Crippen molar-refractivity contribution < 1.29 is 17.9 Å². The van der Waals surface area contributed by atoms with Crippen molar-refractivity contribution in [3.05, 3.63) is 52.9 Å². The maximum atomic E-state index is 13.6. The number of fused-ring (bicyclic) bond motifs is 2. The molecule has 0 saturated carbocycles. The highest BCUT2D eigenvalue weighted by atomic mass is 32.2. The molecular weight excluding hydrogens is 450 g/mol. The number of methoxy groups -OCH3 is 1. The van der Waals surface area contributed by atoms with Gasteiger partial charge in [0.25, 0.3) is 0 Å². The molecule has 1 aliphatic heterocycles. The number of aromatic nitrogens is 2. The summed E-state index contributed by atoms with van der Waals surface area (Å²) in [5.74, 6) is -0.395. The molecule has 1 atom stereocenters. The standard InChI is InChI=1S/C26H35N3O4S/c1-6-7-13-29-23-15-21-12-14-28(18-26(21,24(30)33-5)16-19(23)17-27-29)34(31,32)22-10-8-20(9-11-22)25(2,3)4/h8-11,15,17H,6-7,12-14,16,18H2,1-5H3/t26-/m0/s1. The van der Waals surface area contributed by atoms with E-state index in [0.717, 1.165) is 41.8 Å². The van der Waals surface area contributed by atoms with Crippen molar-refractivity contribution in [1.82, 2.24) is 14.1 Å². The SMILES string of the molecule is CCCCn1ncc2c1C=C1CCN(S(=O)(=O)c3ccc(C(C)(C)C)cc3)C[C@@]1(C(=O)OC)C2. The predicted molar refractivity (Wildman–Crippen MR) is 132 cm³/mol. The summed E-state index contributed by atoms with van der Waals surface area (Å²) < 4.78 is 35.8. The molecular formula is C26H35N3O4S. The molecule has 0 N–H and O–H groups in total. The van der Waals surface area contributed by atoms with Crippen molar-refractivity contribution >= 4 is 22.1 Å². The minimum absolute atomic E-state index is 0.0639. The van der Waals surface area contributed by atoms with Crippen molar-refractivity contribution in [1.29, 1.82) is 0 Å². The third-order valence-electron chi connectivity index (χ3n) is 7.11. The van der Waals surface area contributed by atoms with E-state index in [1.54, 1.807) is 12.1 Å². The van der Waals surface area contributed by atoms with Crippen molar-refractivity contribution in [2.45, 2.75) is 70.2 Å². The van der Waals surface area contributed by atoms with Gasteiger partial charge in [0.15, 0.2) is 0 Å². The number of aryl methyl sites for hydroxylation is 1. The van der Waals surface area contributed by atoms with Crippen molar-refractivity contribution in [2.75, 3.05) is 20.2 Å². The lowest BCUT2D eigenvalue weighted by Crippen LogP contribution is -2.53. The smallest absolute Gasteiger partial charge is 0.317 e. The van der Waals surface area contributed by atoms with E-state index in [9.17, 15) is 13.2 Å². The fraction of sp³-hybridized carbons (Fsp3) is 0.538. The molecule has 2 aromatic rings. The Morgan fingerprint density at radius 2 is 1.91 bits per heavy atom. The van der Waals surface area contributed by atoms with Crippen LogP contribution in [0.5, 0.6) is 0 Å². The second kappa shape index (κ2) is 8.96. The van der Waals surface area contributed by atoms with E-state index in [-0.39, 0.29) is 16.9 Å². The number of sulfonamides is 1. The number of carbonyl (C=O) groups excluding carboxylic acids is 1. The predicted octanol–water partition coefficient (Wildman–Crippen LogP) is 4.17. The Balaban J connectivity index is 1.67. The first kappa shape index (κ1) is 24.7. The first-order valence-electron chi connectivity index (χ1n) is 12.0. The fourth-order valence-corrected chi connectivity index (χ4v) is 6.50. The van der Waals surface area contributed by atoms with Crippen LogP contribution in [0.25, 0.3) is 6.08 Å². The van der Waals surface area contributed by atoms with E-state index in [2.05, 4.69) is 32.8 Å². The number of hydrogen-bond acceptors (Lipinski definition) is 5. The first-order chi connectivity index (χ1) is 16.0. The summed E-state index contributed by atoms with van der Waals surface area (Å²) in [4.78, 5) is 13.4. The average Bonchev–Trinajstić information content (AvgIpc) is 3.20. The summed E-state index contributed by atoms with van der Waals surface area (Å²) in [6.07, 6.45) is 6.82. The number of benzene rings is 1. The van der Waals surface area contributed by atoms with Gasteiger partial charge < -0.3 is 4.74 Å². The number of unbranched alkanes of at least 4 members (excludes halogenated alkanes) is 1. The molecule has 0 amide bonds. The number of ether oxygens (including phenoxy) is 1. The van der Waals surface area contributed by atoms with Gasteiger partial charge in [-0.15, -0.1) is 0 Å². The van der Waals surface area contributed by atoms with E-state index in [4.69, 9.17) is 4.74 Å². The molecule has 1 aromatic heterocycles. The van der Waals surface area contributed by atoms with Gasteiger partial charge in [-0.25, -0.2) is 8.42 Å². The van der Waals surface area contributed by atoms with Gasteiger partial charge in [0.2, 0.25) is 10.0 Å². The summed E-state index contributed by atoms with van der Waals surface area (Å²) in [5.41, 5.74) is 2.89. The van der Waals surface area contributed by atoms with Crippen LogP contribution in [0.15, 0.2) is 40.9 Å². The number of carbonyl (C=O) groups is 1. The normalized spacial score (nSPS) is 20.9. The van der Waals surface area contributed by atoms with Crippen LogP contribution in [0.3, 0.4) is 0 Å². The molecule has 0 bridgehead atoms. The van der Waals surface area contributed by atoms with Crippen molar-refractivity contribution in [2.24, 2.45) is 5.41 Å². The van der Waals surface area contributed by atoms with Gasteiger partial charge in [-0.05, 0) is 59.6 Å². The number of piperidine rings is 1. The second-order valence-corrected chi connectivity index (χ2v) is 12.4. The minimum atomic E-state index is -3.76. The molecule has 0 unspecified atom stereocenters. The Morgan fingerprint density at radius 1 is 1.21 bits per heavy atom. The van der Waals surface area contributed by atoms with Crippen LogP contribution in [-0.4, -0.2) is 48.7 Å². The van der Waals surface area contributed by atoms with Gasteiger partial charge in [-0.1, -0.05) is 46.2 Å². The maximum Gasteiger partial charge on any atom is 0.317 e. The molecule has 2 heterocycles. The summed E-state index contributed by atoms with van der Waals surface area (Å²) in [6.45, 7) is 9.64. The summed E-state index contributed by atoms with van der Waals surface area (Å²) >= 11 is 0. The molecule has 1 aliphatic carbocycles. The van der Waals surface area contributed by atoms with Crippen molar-refractivity contribution in [3.8, 4) is 0 Å². The Morgan fingerprint density at radius 3 is 2.53 bits per heavy atom. The molecule has 4 rings (SSSR count). The van der Waals surface area contributed by atoms with Crippen molar-refractivity contribution in [3.63, 3.8) is 0 Å². The number of esters is 1. The zero-order valence-corrected chi connectivity index (χ0v) is 21.6. The molecule has 2 aliphatic rings. The first-order valence-corrected chi connectivity index (χ1v) is 13.4. The molecule has 0 radical (unpaired) electrons. The van der Waals surface area contributed by atoms with Crippen LogP contribution in [0.2, 0.25) is 0 Å². The molecule has 8 heteroatoms. The number of hydrogen-bond donors (Lipinski definition) is 0. The lowest BCUT2D eigenvalue weighted by molar-refractivity contribution is -0.151. The Kier molecular flexibility index (Phi) is 6.50. The highest BCUT2D eigenvalue weighted by molar-refractivity contribution is 7.89. The molecule has 7 nitrogen and oxygen atoms in total. The number of rotatable bonds is 6. The molecule has 1 saturated heterocycles. The molecule has 1 aromatic carbocycles. The summed E-state index contributed by atoms with van der Waals surface area (Å²) in [7, 11) is -2.39. The quantitative estimate of drug-likeness (QED) is 0.574. The van der Waals surface area contributed by atoms with Gasteiger partial charge in [0.05, 0.1) is 23.9 Å². The highest BCUT2D eigenvalue weighted by Gasteiger charge is 2.51. The van der Waals surface area contributed by atoms with Gasteiger partial charge >= 0.3 is 5.97 Å². The van der Waals surface area contributed by atoms with Gasteiger partial charge in [-0.2, -0.15) is 9.40 Å². The van der Waals surface area contributed by atoms with Crippen LogP contribution in [-0.2, 0) is 37.9 Å². The third kappa shape index (κ3) is 4.22.